The summed E-state index contributed by atoms with van der Waals surface area (Å²) in [6.07, 6.45) is -0.424. The Labute approximate surface area is 192 Å². The third kappa shape index (κ3) is 9.26. The zero-order chi connectivity index (χ0) is 23.9. The van der Waals surface area contributed by atoms with Crippen LogP contribution in [0.3, 0.4) is 0 Å². The van der Waals surface area contributed by atoms with E-state index in [1.807, 2.05) is 0 Å². The highest BCUT2D eigenvalue weighted by molar-refractivity contribution is 6.76. The van der Waals surface area contributed by atoms with Gasteiger partial charge in [-0.2, -0.15) is 13.2 Å². The lowest BCUT2D eigenvalue weighted by molar-refractivity contribution is -0.141. The van der Waals surface area contributed by atoms with Gasteiger partial charge in [-0.3, -0.25) is 9.69 Å². The van der Waals surface area contributed by atoms with Crippen molar-refractivity contribution in [2.75, 3.05) is 6.54 Å². The summed E-state index contributed by atoms with van der Waals surface area (Å²) < 4.78 is 39.4. The molecule has 3 unspecified atom stereocenters. The number of nitrogens with zero attached hydrogens (tertiary/aromatic N) is 1. The number of hydrogen-bond acceptors (Lipinski definition) is 2. The molecule has 0 saturated carbocycles. The lowest BCUT2D eigenvalue weighted by atomic mass is 9.83. The molecular formula is C25H40F3NO2Si. The van der Waals surface area contributed by atoms with Crippen molar-refractivity contribution in [3.8, 4) is 0 Å². The van der Waals surface area contributed by atoms with Gasteiger partial charge in [-0.1, -0.05) is 63.3 Å². The molecule has 3 nitrogen and oxygen atoms in total. The summed E-state index contributed by atoms with van der Waals surface area (Å²) in [5, 5.41) is 9.31. The summed E-state index contributed by atoms with van der Waals surface area (Å²) in [5.41, 5.74) is 2.36. The van der Waals surface area contributed by atoms with Gasteiger partial charge >= 0.3 is 12.1 Å². The lowest BCUT2D eigenvalue weighted by Crippen LogP contribution is -2.45. The highest BCUT2D eigenvalue weighted by Gasteiger charge is 2.37. The number of alkyl halides is 3. The first-order valence-electron chi connectivity index (χ1n) is 12.0. The van der Waals surface area contributed by atoms with E-state index in [1.54, 1.807) is 0 Å². The molecule has 3 atom stereocenters. The van der Waals surface area contributed by atoms with Crippen LogP contribution in [0.1, 0.15) is 69.0 Å². The van der Waals surface area contributed by atoms with Crippen LogP contribution < -0.4 is 0 Å². The first-order valence-corrected chi connectivity index (χ1v) is 15.7. The van der Waals surface area contributed by atoms with Crippen LogP contribution in [0.5, 0.6) is 0 Å². The third-order valence-corrected chi connectivity index (χ3v) is 8.37. The van der Waals surface area contributed by atoms with Gasteiger partial charge in [-0.05, 0) is 55.7 Å². The van der Waals surface area contributed by atoms with Gasteiger partial charge in [0.05, 0.1) is 0 Å². The van der Waals surface area contributed by atoms with Crippen molar-refractivity contribution in [3.63, 3.8) is 0 Å². The Morgan fingerprint density at radius 1 is 1.19 bits per heavy atom. The number of benzene rings is 1. The molecule has 1 fully saturated rings. The van der Waals surface area contributed by atoms with E-state index in [4.69, 9.17) is 0 Å². The molecular weight excluding hydrogens is 431 g/mol. The van der Waals surface area contributed by atoms with Crippen molar-refractivity contribution >= 4 is 14.0 Å². The number of likely N-dealkylation sites (tertiary alicyclic amines) is 1. The minimum Gasteiger partial charge on any atom is -0.481 e. The number of carbonyl (C=O) groups is 1. The second-order valence-electron chi connectivity index (χ2n) is 10.6. The number of hydrogen-bond donors (Lipinski definition) is 1. The van der Waals surface area contributed by atoms with Gasteiger partial charge < -0.3 is 5.11 Å². The van der Waals surface area contributed by atoms with E-state index in [1.165, 1.54) is 5.56 Å². The quantitative estimate of drug-likeness (QED) is 0.344. The summed E-state index contributed by atoms with van der Waals surface area (Å²) in [5.74, 6) is -0.739. The molecule has 0 spiro atoms. The second-order valence-corrected chi connectivity index (χ2v) is 16.3. The van der Waals surface area contributed by atoms with Gasteiger partial charge in [-0.25, -0.2) is 0 Å². The molecule has 7 heteroatoms. The Hall–Kier alpha value is -1.34. The van der Waals surface area contributed by atoms with Crippen LogP contribution in [-0.2, 0) is 11.2 Å². The fourth-order valence-corrected chi connectivity index (χ4v) is 6.05. The highest BCUT2D eigenvalue weighted by Crippen LogP contribution is 2.40. The molecule has 32 heavy (non-hydrogen) atoms. The number of piperidine rings is 1. The summed E-state index contributed by atoms with van der Waals surface area (Å²) in [4.78, 5) is 13.6. The van der Waals surface area contributed by atoms with Gasteiger partial charge in [-0.15, -0.1) is 0 Å². The molecule has 0 bridgehead atoms. The zero-order valence-corrected chi connectivity index (χ0v) is 21.0. The Kier molecular flexibility index (Phi) is 9.82. The van der Waals surface area contributed by atoms with E-state index in [0.717, 1.165) is 37.3 Å². The number of carboxylic acids is 1. The summed E-state index contributed by atoms with van der Waals surface area (Å²) >= 11 is 0. The first-order chi connectivity index (χ1) is 14.9. The summed E-state index contributed by atoms with van der Waals surface area (Å²) in [7, 11) is -1.40. The number of aliphatic carboxylic acids is 1. The Bertz CT molecular complexity index is 697. The fraction of sp³-hybridized carbons (Fsp3) is 0.720. The van der Waals surface area contributed by atoms with Crippen molar-refractivity contribution in [1.29, 1.82) is 0 Å². The predicted molar refractivity (Wildman–Crippen MR) is 127 cm³/mol. The minimum absolute atomic E-state index is 0.0244. The number of carboxylic acid groups (broad SMARTS) is 1. The molecule has 182 valence electrons. The van der Waals surface area contributed by atoms with E-state index in [9.17, 15) is 23.1 Å². The van der Waals surface area contributed by atoms with Crippen LogP contribution in [0.25, 0.3) is 0 Å². The van der Waals surface area contributed by atoms with Gasteiger partial charge in [0.15, 0.2) is 0 Å². The molecule has 0 amide bonds. The molecule has 0 aromatic heterocycles. The third-order valence-electron chi connectivity index (χ3n) is 6.58. The maximum absolute atomic E-state index is 13.1. The van der Waals surface area contributed by atoms with E-state index in [2.05, 4.69) is 55.7 Å². The molecule has 1 aliphatic heterocycles. The van der Waals surface area contributed by atoms with Crippen molar-refractivity contribution in [2.45, 2.75) is 102 Å². The maximum Gasteiger partial charge on any atom is 0.389 e. The fourth-order valence-electron chi connectivity index (χ4n) is 4.85. The van der Waals surface area contributed by atoms with E-state index >= 15 is 0 Å². The average molecular weight is 472 g/mol. The SMILES string of the molecule is CCCc1ccc(C2CC(CC(=O)O)CCN2C(CCC(F)(F)F)CC[Si](C)(C)C)cc1. The van der Waals surface area contributed by atoms with Crippen LogP contribution in [0.15, 0.2) is 24.3 Å². The van der Waals surface area contributed by atoms with Crippen LogP contribution in [0.4, 0.5) is 13.2 Å². The summed E-state index contributed by atoms with van der Waals surface area (Å²) in [6.45, 7) is 9.58. The molecule has 0 aliphatic carbocycles. The smallest absolute Gasteiger partial charge is 0.389 e. The zero-order valence-electron chi connectivity index (χ0n) is 20.0. The molecule has 1 N–H and O–H groups in total. The molecule has 1 aliphatic rings. The van der Waals surface area contributed by atoms with Crippen molar-refractivity contribution in [2.24, 2.45) is 5.92 Å². The highest BCUT2D eigenvalue weighted by atomic mass is 28.3. The van der Waals surface area contributed by atoms with Crippen molar-refractivity contribution < 1.29 is 23.1 Å². The molecule has 0 radical (unpaired) electrons. The summed E-state index contributed by atoms with van der Waals surface area (Å²) in [6, 6.07) is 9.27. The maximum atomic E-state index is 13.1. The average Bonchev–Trinajstić information content (AvgIpc) is 2.67. The van der Waals surface area contributed by atoms with E-state index < -0.39 is 26.6 Å². The standard InChI is InChI=1S/C25H40F3NO2Si/c1-5-6-19-7-9-21(10-8-19)23-17-20(18-24(30)31)12-15-29(23)22(11-14-25(26,27)28)13-16-32(2,3)4/h7-10,20,22-23H,5-6,11-18H2,1-4H3,(H,30,31). The molecule has 1 aromatic rings. The first kappa shape index (κ1) is 26.9. The van der Waals surface area contributed by atoms with Crippen LogP contribution in [0, 0.1) is 5.92 Å². The topological polar surface area (TPSA) is 40.5 Å². The van der Waals surface area contributed by atoms with Crippen molar-refractivity contribution in [3.05, 3.63) is 35.4 Å². The Morgan fingerprint density at radius 2 is 1.84 bits per heavy atom. The Morgan fingerprint density at radius 3 is 2.38 bits per heavy atom. The normalized spacial score (nSPS) is 21.5. The minimum atomic E-state index is -4.16. The van der Waals surface area contributed by atoms with E-state index in [-0.39, 0.29) is 30.8 Å². The molecule has 1 saturated heterocycles. The Balaban J connectivity index is 2.30. The molecule has 1 aromatic carbocycles. The molecule has 2 rings (SSSR count). The number of aryl methyl sites for hydroxylation is 1. The van der Waals surface area contributed by atoms with Gasteiger partial charge in [0.25, 0.3) is 0 Å². The number of rotatable bonds is 11. The predicted octanol–water partition coefficient (Wildman–Crippen LogP) is 7.31. The van der Waals surface area contributed by atoms with Gasteiger partial charge in [0.2, 0.25) is 0 Å². The monoisotopic (exact) mass is 471 g/mol. The molecule has 1 heterocycles. The van der Waals surface area contributed by atoms with Gasteiger partial charge in [0, 0.05) is 33.0 Å². The van der Waals surface area contributed by atoms with Crippen molar-refractivity contribution in [1.82, 2.24) is 4.90 Å². The van der Waals surface area contributed by atoms with E-state index in [0.29, 0.717) is 13.0 Å². The van der Waals surface area contributed by atoms with Gasteiger partial charge in [0.1, 0.15) is 0 Å². The number of halogens is 3. The largest absolute Gasteiger partial charge is 0.481 e. The van der Waals surface area contributed by atoms with Crippen LogP contribution in [0.2, 0.25) is 25.7 Å². The lowest BCUT2D eigenvalue weighted by Gasteiger charge is -2.45. The second kappa shape index (κ2) is 11.7. The van der Waals surface area contributed by atoms with Crippen LogP contribution >= 0.6 is 0 Å². The van der Waals surface area contributed by atoms with Crippen LogP contribution in [-0.4, -0.2) is 42.8 Å².